The number of hydrogen-bond donors (Lipinski definition) is 1. The Morgan fingerprint density at radius 3 is 2.04 bits per heavy atom. The minimum absolute atomic E-state index is 0.0512. The molecule has 0 unspecified atom stereocenters. The Hall–Kier alpha value is -3.15. The maximum absolute atomic E-state index is 12.7. The number of Topliss-reactive ketones (excluding diaryl/α,β-unsaturated/α-hetero) is 1. The molecule has 0 spiro atoms. The molecular formula is C22H24N2O4. The summed E-state index contributed by atoms with van der Waals surface area (Å²) in [4.78, 5) is 38.2. The number of nitrogens with one attached hydrogen (secondary N) is 1. The number of methoxy groups -OCH3 is 1. The molecule has 0 bridgehead atoms. The topological polar surface area (TPSA) is 75.7 Å². The van der Waals surface area contributed by atoms with Crippen molar-refractivity contribution in [1.29, 1.82) is 0 Å². The lowest BCUT2D eigenvalue weighted by molar-refractivity contribution is -0.114. The fourth-order valence-electron chi connectivity index (χ4n) is 3.42. The third kappa shape index (κ3) is 4.57. The van der Waals surface area contributed by atoms with Crippen molar-refractivity contribution in [2.45, 2.75) is 19.8 Å². The molecule has 0 aromatic heterocycles. The first-order valence-electron chi connectivity index (χ1n) is 9.33. The third-order valence-corrected chi connectivity index (χ3v) is 4.98. The zero-order chi connectivity index (χ0) is 20.1. The second-order valence-corrected chi connectivity index (χ2v) is 6.92. The molecule has 0 aliphatic carbocycles. The maximum Gasteiger partial charge on any atom is 0.253 e. The van der Waals surface area contributed by atoms with Crippen LogP contribution in [0, 0.1) is 5.92 Å². The van der Waals surface area contributed by atoms with E-state index in [4.69, 9.17) is 4.74 Å². The number of hydrogen-bond acceptors (Lipinski definition) is 4. The van der Waals surface area contributed by atoms with E-state index in [2.05, 4.69) is 5.32 Å². The van der Waals surface area contributed by atoms with Crippen LogP contribution in [0.1, 0.15) is 40.5 Å². The molecule has 1 heterocycles. The summed E-state index contributed by atoms with van der Waals surface area (Å²) in [7, 11) is 1.59. The number of nitrogens with zero attached hydrogens (tertiary/aromatic N) is 1. The standard InChI is InChI=1S/C22H24N2O4/c1-15(25)23-19-7-3-18(4-8-19)22(27)24-13-11-17(12-14-24)21(26)16-5-9-20(28-2)10-6-16/h3-10,17H,11-14H2,1-2H3,(H,23,25). The van der Waals surface area contributed by atoms with Gasteiger partial charge in [-0.2, -0.15) is 0 Å². The highest BCUT2D eigenvalue weighted by molar-refractivity contribution is 5.99. The van der Waals surface area contributed by atoms with Crippen molar-refractivity contribution in [3.63, 3.8) is 0 Å². The van der Waals surface area contributed by atoms with Crippen LogP contribution in [0.25, 0.3) is 0 Å². The van der Waals surface area contributed by atoms with Crippen LogP contribution >= 0.6 is 0 Å². The van der Waals surface area contributed by atoms with Gasteiger partial charge in [-0.05, 0) is 61.4 Å². The van der Waals surface area contributed by atoms with Gasteiger partial charge in [0.05, 0.1) is 7.11 Å². The van der Waals surface area contributed by atoms with Gasteiger partial charge in [-0.25, -0.2) is 0 Å². The van der Waals surface area contributed by atoms with Crippen molar-refractivity contribution in [1.82, 2.24) is 4.90 Å². The number of carbonyl (C=O) groups excluding carboxylic acids is 3. The van der Waals surface area contributed by atoms with Gasteiger partial charge in [0.25, 0.3) is 5.91 Å². The van der Waals surface area contributed by atoms with Crippen LogP contribution in [0.5, 0.6) is 5.75 Å². The Labute approximate surface area is 164 Å². The fourth-order valence-corrected chi connectivity index (χ4v) is 3.42. The number of ether oxygens (including phenoxy) is 1. The SMILES string of the molecule is COc1ccc(C(=O)C2CCN(C(=O)c3ccc(NC(C)=O)cc3)CC2)cc1. The Bertz CT molecular complexity index is 851. The van der Waals surface area contributed by atoms with Gasteiger partial charge in [-0.1, -0.05) is 0 Å². The second kappa shape index (κ2) is 8.69. The molecule has 2 aromatic carbocycles. The number of rotatable bonds is 5. The zero-order valence-electron chi connectivity index (χ0n) is 16.1. The molecule has 6 nitrogen and oxygen atoms in total. The molecule has 3 rings (SSSR count). The van der Waals surface area contributed by atoms with Gasteiger partial charge >= 0.3 is 0 Å². The van der Waals surface area contributed by atoms with E-state index < -0.39 is 0 Å². The molecule has 2 aromatic rings. The summed E-state index contributed by atoms with van der Waals surface area (Å²) in [5.41, 5.74) is 1.92. The molecule has 146 valence electrons. The van der Waals surface area contributed by atoms with Crippen LogP contribution in [0.3, 0.4) is 0 Å². The average molecular weight is 380 g/mol. The van der Waals surface area contributed by atoms with E-state index in [-0.39, 0.29) is 23.5 Å². The quantitative estimate of drug-likeness (QED) is 0.807. The Balaban J connectivity index is 1.57. The number of carbonyl (C=O) groups is 3. The molecule has 1 fully saturated rings. The molecule has 6 heteroatoms. The molecule has 1 saturated heterocycles. The highest BCUT2D eigenvalue weighted by atomic mass is 16.5. The molecule has 1 aliphatic heterocycles. The number of ketones is 1. The Kier molecular flexibility index (Phi) is 6.09. The first-order chi connectivity index (χ1) is 13.5. The van der Waals surface area contributed by atoms with Gasteiger partial charge in [-0.3, -0.25) is 14.4 Å². The lowest BCUT2D eigenvalue weighted by Gasteiger charge is -2.31. The normalized spacial score (nSPS) is 14.4. The summed E-state index contributed by atoms with van der Waals surface area (Å²) in [5.74, 6) is 0.572. The summed E-state index contributed by atoms with van der Waals surface area (Å²) in [5, 5.41) is 2.68. The monoisotopic (exact) mass is 380 g/mol. The van der Waals surface area contributed by atoms with Crippen LogP contribution in [-0.2, 0) is 4.79 Å². The second-order valence-electron chi connectivity index (χ2n) is 6.92. The van der Waals surface area contributed by atoms with Crippen molar-refractivity contribution >= 4 is 23.3 Å². The summed E-state index contributed by atoms with van der Waals surface area (Å²) < 4.78 is 5.13. The van der Waals surface area contributed by atoms with Gasteiger partial charge < -0.3 is 15.0 Å². The van der Waals surface area contributed by atoms with Crippen LogP contribution in [0.15, 0.2) is 48.5 Å². The zero-order valence-corrected chi connectivity index (χ0v) is 16.1. The Morgan fingerprint density at radius 2 is 1.50 bits per heavy atom. The minimum Gasteiger partial charge on any atom is -0.497 e. The minimum atomic E-state index is -0.150. The number of likely N-dealkylation sites (tertiary alicyclic amines) is 1. The number of amides is 2. The van der Waals surface area contributed by atoms with Crippen molar-refractivity contribution < 1.29 is 19.1 Å². The first-order valence-corrected chi connectivity index (χ1v) is 9.33. The van der Waals surface area contributed by atoms with Crippen molar-refractivity contribution in [2.24, 2.45) is 5.92 Å². The number of anilines is 1. The van der Waals surface area contributed by atoms with Gasteiger partial charge in [0.15, 0.2) is 5.78 Å². The van der Waals surface area contributed by atoms with E-state index >= 15 is 0 Å². The van der Waals surface area contributed by atoms with Crippen LogP contribution < -0.4 is 10.1 Å². The van der Waals surface area contributed by atoms with Gasteiger partial charge in [-0.15, -0.1) is 0 Å². The highest BCUT2D eigenvalue weighted by Crippen LogP contribution is 2.24. The van der Waals surface area contributed by atoms with Gasteiger partial charge in [0.2, 0.25) is 5.91 Å². The van der Waals surface area contributed by atoms with E-state index in [1.54, 1.807) is 60.5 Å². The lowest BCUT2D eigenvalue weighted by Crippen LogP contribution is -2.40. The molecule has 0 saturated carbocycles. The summed E-state index contributed by atoms with van der Waals surface area (Å²) in [6, 6.07) is 14.0. The molecule has 2 amide bonds. The summed E-state index contributed by atoms with van der Waals surface area (Å²) in [6.07, 6.45) is 1.31. The van der Waals surface area contributed by atoms with Gasteiger partial charge in [0, 0.05) is 42.7 Å². The highest BCUT2D eigenvalue weighted by Gasteiger charge is 2.28. The van der Waals surface area contributed by atoms with Crippen molar-refractivity contribution in [2.75, 3.05) is 25.5 Å². The first kappa shape index (κ1) is 19.6. The van der Waals surface area contributed by atoms with Crippen molar-refractivity contribution in [3.8, 4) is 5.75 Å². The van der Waals surface area contributed by atoms with E-state index in [1.165, 1.54) is 6.92 Å². The molecule has 1 N–H and O–H groups in total. The molecule has 0 radical (unpaired) electrons. The molecular weight excluding hydrogens is 356 g/mol. The van der Waals surface area contributed by atoms with Gasteiger partial charge in [0.1, 0.15) is 5.75 Å². The maximum atomic E-state index is 12.7. The predicted molar refractivity (Wildman–Crippen MR) is 107 cm³/mol. The van der Waals surface area contributed by atoms with E-state index in [0.717, 1.165) is 5.75 Å². The average Bonchev–Trinajstić information content (AvgIpc) is 2.73. The lowest BCUT2D eigenvalue weighted by atomic mass is 9.88. The summed E-state index contributed by atoms with van der Waals surface area (Å²) >= 11 is 0. The Morgan fingerprint density at radius 1 is 0.929 bits per heavy atom. The van der Waals surface area contributed by atoms with Crippen molar-refractivity contribution in [3.05, 3.63) is 59.7 Å². The number of benzene rings is 2. The van der Waals surface area contributed by atoms with E-state index in [1.807, 2.05) is 0 Å². The third-order valence-electron chi connectivity index (χ3n) is 4.98. The predicted octanol–water partition coefficient (Wildman–Crippen LogP) is 3.39. The molecule has 0 atom stereocenters. The largest absolute Gasteiger partial charge is 0.497 e. The molecule has 1 aliphatic rings. The molecule has 28 heavy (non-hydrogen) atoms. The smallest absolute Gasteiger partial charge is 0.253 e. The van der Waals surface area contributed by atoms with Crippen LogP contribution in [0.2, 0.25) is 0 Å². The van der Waals surface area contributed by atoms with E-state index in [0.29, 0.717) is 42.7 Å². The number of piperidine rings is 1. The fraction of sp³-hybridized carbons (Fsp3) is 0.318. The summed E-state index contributed by atoms with van der Waals surface area (Å²) in [6.45, 7) is 2.55. The van der Waals surface area contributed by atoms with Crippen LogP contribution in [-0.4, -0.2) is 42.7 Å². The van der Waals surface area contributed by atoms with E-state index in [9.17, 15) is 14.4 Å². The van der Waals surface area contributed by atoms with Crippen LogP contribution in [0.4, 0.5) is 5.69 Å².